The second kappa shape index (κ2) is 6.10. The second-order valence-corrected chi connectivity index (χ2v) is 5.46. The summed E-state index contributed by atoms with van der Waals surface area (Å²) in [5.41, 5.74) is 1.77. The molecule has 0 saturated heterocycles. The highest BCUT2D eigenvalue weighted by atomic mass is 32.1. The molecular weight excluding hydrogens is 287 g/mol. The molecule has 2 aromatic heterocycles. The van der Waals surface area contributed by atoms with Crippen molar-refractivity contribution in [1.29, 1.82) is 0 Å². The van der Waals surface area contributed by atoms with Gasteiger partial charge in [0.2, 0.25) is 0 Å². The van der Waals surface area contributed by atoms with Gasteiger partial charge in [-0.2, -0.15) is 0 Å². The number of nitrogens with zero attached hydrogens (tertiary/aromatic N) is 2. The van der Waals surface area contributed by atoms with Crippen LogP contribution in [-0.2, 0) is 6.54 Å². The lowest BCUT2D eigenvalue weighted by Gasteiger charge is -2.05. The summed E-state index contributed by atoms with van der Waals surface area (Å²) >= 11 is 1.56. The minimum atomic E-state index is -0.252. The van der Waals surface area contributed by atoms with E-state index in [-0.39, 0.29) is 5.82 Å². The maximum absolute atomic E-state index is 13.0. The molecule has 3 nitrogen and oxygen atoms in total. The van der Waals surface area contributed by atoms with Gasteiger partial charge >= 0.3 is 0 Å². The molecule has 1 aromatic carbocycles. The second-order valence-electron chi connectivity index (χ2n) is 4.62. The Morgan fingerprint density at radius 3 is 2.71 bits per heavy atom. The molecule has 0 fully saturated rings. The van der Waals surface area contributed by atoms with Crippen molar-refractivity contribution in [2.45, 2.75) is 19.9 Å². The number of hydrogen-bond acceptors (Lipinski definition) is 3. The predicted molar refractivity (Wildman–Crippen MR) is 81.9 cm³/mol. The predicted octanol–water partition coefficient (Wildman–Crippen LogP) is 4.59. The molecule has 0 N–H and O–H groups in total. The van der Waals surface area contributed by atoms with Gasteiger partial charge in [-0.15, -0.1) is 11.3 Å². The van der Waals surface area contributed by atoms with E-state index in [0.717, 1.165) is 34.9 Å². The monoisotopic (exact) mass is 302 g/mol. The quantitative estimate of drug-likeness (QED) is 0.693. The molecule has 0 saturated carbocycles. The van der Waals surface area contributed by atoms with Gasteiger partial charge in [-0.05, 0) is 42.8 Å². The van der Waals surface area contributed by atoms with Gasteiger partial charge in [0.15, 0.2) is 10.6 Å². The van der Waals surface area contributed by atoms with Gasteiger partial charge in [-0.3, -0.25) is 0 Å². The van der Waals surface area contributed by atoms with E-state index in [0.29, 0.717) is 0 Å². The number of halogens is 1. The largest absolute Gasteiger partial charge is 0.463 e. The van der Waals surface area contributed by atoms with Crippen molar-refractivity contribution in [3.05, 3.63) is 58.7 Å². The first-order chi connectivity index (χ1) is 10.3. The molecular formula is C16H15FN2OS. The van der Waals surface area contributed by atoms with Gasteiger partial charge in [0.1, 0.15) is 5.82 Å². The number of rotatable bonds is 4. The molecule has 0 amide bonds. The van der Waals surface area contributed by atoms with Crippen LogP contribution in [0.3, 0.4) is 0 Å². The topological polar surface area (TPSA) is 30.4 Å². The third kappa shape index (κ3) is 2.97. The van der Waals surface area contributed by atoms with Crippen molar-refractivity contribution in [2.75, 3.05) is 0 Å². The van der Waals surface area contributed by atoms with Crippen molar-refractivity contribution in [2.24, 2.45) is 4.99 Å². The van der Waals surface area contributed by atoms with Crippen LogP contribution < -0.4 is 4.80 Å². The average Bonchev–Trinajstić information content (AvgIpc) is 3.12. The van der Waals surface area contributed by atoms with Crippen LogP contribution in [-0.4, -0.2) is 4.57 Å². The van der Waals surface area contributed by atoms with E-state index in [2.05, 4.69) is 16.5 Å². The number of hydrogen-bond donors (Lipinski definition) is 0. The Hall–Kier alpha value is -2.14. The molecule has 0 radical (unpaired) electrons. The van der Waals surface area contributed by atoms with Crippen LogP contribution in [0.1, 0.15) is 13.3 Å². The van der Waals surface area contributed by atoms with Gasteiger partial charge in [-0.1, -0.05) is 6.92 Å². The SMILES string of the molecule is CCCn1c(-c2ccco2)csc1=Nc1ccc(F)cc1. The van der Waals surface area contributed by atoms with Crippen LogP contribution in [0.15, 0.2) is 57.5 Å². The lowest BCUT2D eigenvalue weighted by Crippen LogP contribution is -2.15. The molecule has 3 aromatic rings. The minimum Gasteiger partial charge on any atom is -0.463 e. The summed E-state index contributed by atoms with van der Waals surface area (Å²) in [5, 5.41) is 2.04. The van der Waals surface area contributed by atoms with Gasteiger partial charge in [-0.25, -0.2) is 9.38 Å². The van der Waals surface area contributed by atoms with Crippen LogP contribution in [0.2, 0.25) is 0 Å². The van der Waals surface area contributed by atoms with Crippen LogP contribution >= 0.6 is 11.3 Å². The summed E-state index contributed by atoms with van der Waals surface area (Å²) in [6, 6.07) is 10.0. The van der Waals surface area contributed by atoms with E-state index < -0.39 is 0 Å². The van der Waals surface area contributed by atoms with Gasteiger partial charge in [0.25, 0.3) is 0 Å². The molecule has 0 aliphatic carbocycles. The Morgan fingerprint density at radius 2 is 2.05 bits per heavy atom. The van der Waals surface area contributed by atoms with E-state index in [9.17, 15) is 4.39 Å². The number of benzene rings is 1. The standard InChI is InChI=1S/C16H15FN2OS/c1-2-9-19-14(15-4-3-10-20-15)11-21-16(19)18-13-7-5-12(17)6-8-13/h3-8,10-11H,2,9H2,1H3. The molecule has 2 heterocycles. The lowest BCUT2D eigenvalue weighted by atomic mass is 10.3. The zero-order chi connectivity index (χ0) is 14.7. The molecule has 3 rings (SSSR count). The summed E-state index contributed by atoms with van der Waals surface area (Å²) in [6.07, 6.45) is 2.67. The molecule has 108 valence electrons. The summed E-state index contributed by atoms with van der Waals surface area (Å²) < 4.78 is 20.6. The van der Waals surface area contributed by atoms with Crippen LogP contribution in [0, 0.1) is 5.82 Å². The fourth-order valence-corrected chi connectivity index (χ4v) is 3.04. The first-order valence-electron chi connectivity index (χ1n) is 6.80. The maximum Gasteiger partial charge on any atom is 0.190 e. The average molecular weight is 302 g/mol. The molecule has 0 unspecified atom stereocenters. The molecule has 5 heteroatoms. The van der Waals surface area contributed by atoms with Crippen LogP contribution in [0.25, 0.3) is 11.5 Å². The van der Waals surface area contributed by atoms with E-state index in [1.807, 2.05) is 17.5 Å². The lowest BCUT2D eigenvalue weighted by molar-refractivity contribution is 0.567. The van der Waals surface area contributed by atoms with Crippen molar-refractivity contribution in [3.8, 4) is 11.5 Å². The van der Waals surface area contributed by atoms with E-state index in [1.165, 1.54) is 12.1 Å². The maximum atomic E-state index is 13.0. The number of aromatic nitrogens is 1. The van der Waals surface area contributed by atoms with E-state index >= 15 is 0 Å². The molecule has 0 atom stereocenters. The summed E-state index contributed by atoms with van der Waals surface area (Å²) in [6.45, 7) is 2.98. The highest BCUT2D eigenvalue weighted by Crippen LogP contribution is 2.21. The van der Waals surface area contributed by atoms with E-state index in [1.54, 1.807) is 29.7 Å². The zero-order valence-corrected chi connectivity index (χ0v) is 12.4. The van der Waals surface area contributed by atoms with Crippen molar-refractivity contribution in [1.82, 2.24) is 4.57 Å². The normalized spacial score (nSPS) is 12.0. The third-order valence-electron chi connectivity index (χ3n) is 3.07. The Balaban J connectivity index is 2.08. The summed E-state index contributed by atoms with van der Waals surface area (Å²) in [7, 11) is 0. The first kappa shape index (κ1) is 13.8. The van der Waals surface area contributed by atoms with Crippen molar-refractivity contribution >= 4 is 17.0 Å². The molecule has 0 aliphatic rings. The Labute approximate surface area is 126 Å². The van der Waals surface area contributed by atoms with Crippen LogP contribution in [0.4, 0.5) is 10.1 Å². The van der Waals surface area contributed by atoms with Gasteiger partial charge in [0.05, 0.1) is 17.6 Å². The number of thiazole rings is 1. The molecule has 0 bridgehead atoms. The van der Waals surface area contributed by atoms with Gasteiger partial charge < -0.3 is 8.98 Å². The number of furan rings is 1. The summed E-state index contributed by atoms with van der Waals surface area (Å²) in [4.78, 5) is 5.49. The van der Waals surface area contributed by atoms with Crippen molar-refractivity contribution in [3.63, 3.8) is 0 Å². The van der Waals surface area contributed by atoms with Gasteiger partial charge in [0, 0.05) is 11.9 Å². The summed E-state index contributed by atoms with van der Waals surface area (Å²) in [5.74, 6) is 0.582. The smallest absolute Gasteiger partial charge is 0.190 e. The molecule has 0 spiro atoms. The Morgan fingerprint density at radius 1 is 1.24 bits per heavy atom. The van der Waals surface area contributed by atoms with Crippen LogP contribution in [0.5, 0.6) is 0 Å². The third-order valence-corrected chi connectivity index (χ3v) is 3.93. The fraction of sp³-hybridized carbons (Fsp3) is 0.188. The first-order valence-corrected chi connectivity index (χ1v) is 7.68. The van der Waals surface area contributed by atoms with E-state index in [4.69, 9.17) is 4.42 Å². The highest BCUT2D eigenvalue weighted by molar-refractivity contribution is 7.07. The Kier molecular flexibility index (Phi) is 4.01. The minimum absolute atomic E-state index is 0.252. The molecule has 21 heavy (non-hydrogen) atoms. The fourth-order valence-electron chi connectivity index (χ4n) is 2.11. The highest BCUT2D eigenvalue weighted by Gasteiger charge is 2.09. The Bertz CT molecular complexity index is 769. The van der Waals surface area contributed by atoms with Crippen molar-refractivity contribution < 1.29 is 8.81 Å². The molecule has 0 aliphatic heterocycles. The zero-order valence-electron chi connectivity index (χ0n) is 11.6.